The van der Waals surface area contributed by atoms with Gasteiger partial charge in [-0.1, -0.05) is 0 Å². The molecule has 0 aliphatic carbocycles. The highest BCUT2D eigenvalue weighted by Gasteiger charge is 2.32. The van der Waals surface area contributed by atoms with Crippen LogP contribution in [0.1, 0.15) is 44.6 Å². The normalized spacial score (nSPS) is 19.5. The van der Waals surface area contributed by atoms with Gasteiger partial charge in [-0.15, -0.1) is 0 Å². The van der Waals surface area contributed by atoms with Crippen LogP contribution in [0, 0.1) is 11.8 Å². The Bertz CT molecular complexity index is 798. The molecule has 184 valence electrons. The maximum atomic E-state index is 12.8. The van der Waals surface area contributed by atoms with Crippen molar-refractivity contribution in [1.29, 1.82) is 0 Å². The molecule has 7 nitrogen and oxygen atoms in total. The summed E-state index contributed by atoms with van der Waals surface area (Å²) in [5, 5.41) is 20.4. The Morgan fingerprint density at radius 1 is 1.06 bits per heavy atom. The minimum Gasteiger partial charge on any atom is -0.506 e. The predicted molar refractivity (Wildman–Crippen MR) is 133 cm³/mol. The van der Waals surface area contributed by atoms with E-state index in [0.29, 0.717) is 46.9 Å². The molecule has 1 aromatic rings. The number of benzene rings is 1. The summed E-state index contributed by atoms with van der Waals surface area (Å²) in [5.41, 5.74) is 0.775. The van der Waals surface area contributed by atoms with Crippen LogP contribution in [0.15, 0.2) is 21.1 Å². The fourth-order valence-corrected chi connectivity index (χ4v) is 6.26. The smallest absolute Gasteiger partial charge is 0.307 e. The van der Waals surface area contributed by atoms with E-state index in [1.54, 1.807) is 17.0 Å². The highest BCUT2D eigenvalue weighted by atomic mass is 79.9. The second-order valence-corrected chi connectivity index (χ2v) is 10.7. The van der Waals surface area contributed by atoms with Gasteiger partial charge >= 0.3 is 5.97 Å². The molecule has 9 heteroatoms. The minimum absolute atomic E-state index is 0.103. The number of rotatable bonds is 8. The number of nitrogens with zero attached hydrogens (tertiary/aromatic N) is 2. The number of piperidine rings is 2. The molecule has 3 rings (SSSR count). The van der Waals surface area contributed by atoms with Gasteiger partial charge in [0.2, 0.25) is 0 Å². The van der Waals surface area contributed by atoms with Crippen LogP contribution in [0.3, 0.4) is 0 Å². The lowest BCUT2D eigenvalue weighted by molar-refractivity contribution is -0.144. The summed E-state index contributed by atoms with van der Waals surface area (Å²) in [4.78, 5) is 28.5. The molecular weight excluding hydrogens is 556 g/mol. The van der Waals surface area contributed by atoms with Crippen LogP contribution in [0.2, 0.25) is 0 Å². The number of hydrogen-bond donors (Lipinski definition) is 2. The zero-order valence-electron chi connectivity index (χ0n) is 19.1. The molecule has 1 aromatic carbocycles. The summed E-state index contributed by atoms with van der Waals surface area (Å²) in [5.74, 6) is 1.04. The first-order chi connectivity index (χ1) is 15.8. The van der Waals surface area contributed by atoms with Crippen molar-refractivity contribution in [3.63, 3.8) is 0 Å². The summed E-state index contributed by atoms with van der Waals surface area (Å²) >= 11 is 6.58. The SMILES string of the molecule is CCOC(=O)CCN1CCC(C2CCN(C(=O)[C@H](O)Cc3cc(Br)c(O)c(Br)c3)CC2)CC1. The number of hydrogen-bond acceptors (Lipinski definition) is 6. The molecule has 0 radical (unpaired) electrons. The third-order valence-electron chi connectivity index (χ3n) is 6.88. The summed E-state index contributed by atoms with van der Waals surface area (Å²) in [7, 11) is 0. The number of amides is 1. The van der Waals surface area contributed by atoms with E-state index in [-0.39, 0.29) is 24.0 Å². The van der Waals surface area contributed by atoms with Crippen LogP contribution in [0.25, 0.3) is 0 Å². The lowest BCUT2D eigenvalue weighted by Crippen LogP contribution is -2.46. The summed E-state index contributed by atoms with van der Waals surface area (Å²) < 4.78 is 6.07. The number of aliphatic hydroxyl groups excluding tert-OH is 1. The number of halogens is 2. The predicted octanol–water partition coefficient (Wildman–Crippen LogP) is 3.72. The number of carbonyl (C=O) groups excluding carboxylic acids is 2. The van der Waals surface area contributed by atoms with Crippen LogP contribution >= 0.6 is 31.9 Å². The molecular formula is C24H34Br2N2O5. The quantitative estimate of drug-likeness (QED) is 0.449. The van der Waals surface area contributed by atoms with Gasteiger partial charge in [0.25, 0.3) is 5.91 Å². The standard InChI is InChI=1S/C24H34Br2N2O5/c1-2-33-22(30)7-10-27-8-3-17(4-9-27)18-5-11-28(12-6-18)24(32)21(29)15-16-13-19(25)23(31)20(26)14-16/h13-14,17-18,21,29,31H,2-12,15H2,1H3/t21-/m1/s1. The fourth-order valence-electron chi connectivity index (χ4n) is 4.98. The second-order valence-electron chi connectivity index (χ2n) is 9.02. The Balaban J connectivity index is 1.40. The fraction of sp³-hybridized carbons (Fsp3) is 0.667. The van der Waals surface area contributed by atoms with Crippen molar-refractivity contribution in [2.24, 2.45) is 11.8 Å². The van der Waals surface area contributed by atoms with Crippen molar-refractivity contribution >= 4 is 43.7 Å². The van der Waals surface area contributed by atoms with Crippen LogP contribution in [-0.2, 0) is 20.7 Å². The van der Waals surface area contributed by atoms with Crippen molar-refractivity contribution < 1.29 is 24.5 Å². The number of aliphatic hydroxyl groups is 1. The van der Waals surface area contributed by atoms with E-state index in [0.717, 1.165) is 50.9 Å². The van der Waals surface area contributed by atoms with Crippen LogP contribution in [0.4, 0.5) is 0 Å². The first kappa shape index (κ1) is 26.4. The molecule has 2 N–H and O–H groups in total. The Labute approximate surface area is 212 Å². The van der Waals surface area contributed by atoms with Crippen molar-refractivity contribution in [3.05, 3.63) is 26.6 Å². The van der Waals surface area contributed by atoms with Gasteiger partial charge in [-0.2, -0.15) is 0 Å². The maximum Gasteiger partial charge on any atom is 0.307 e. The molecule has 33 heavy (non-hydrogen) atoms. The van der Waals surface area contributed by atoms with Gasteiger partial charge in [0.15, 0.2) is 0 Å². The highest BCUT2D eigenvalue weighted by molar-refractivity contribution is 9.11. The van der Waals surface area contributed by atoms with Gasteiger partial charge in [0, 0.05) is 26.1 Å². The lowest BCUT2D eigenvalue weighted by Gasteiger charge is -2.40. The van der Waals surface area contributed by atoms with Gasteiger partial charge in [0.05, 0.1) is 22.0 Å². The number of phenolic OH excluding ortho intramolecular Hbond substituents is 1. The van der Waals surface area contributed by atoms with Gasteiger partial charge in [-0.3, -0.25) is 9.59 Å². The van der Waals surface area contributed by atoms with Crippen molar-refractivity contribution in [2.75, 3.05) is 39.3 Å². The van der Waals surface area contributed by atoms with Crippen LogP contribution < -0.4 is 0 Å². The zero-order chi connectivity index (χ0) is 24.0. The first-order valence-corrected chi connectivity index (χ1v) is 13.4. The average Bonchev–Trinajstić information content (AvgIpc) is 2.81. The molecule has 2 aliphatic heterocycles. The molecule has 0 saturated carbocycles. The van der Waals surface area contributed by atoms with E-state index in [4.69, 9.17) is 4.74 Å². The number of likely N-dealkylation sites (tertiary alicyclic amines) is 2. The molecule has 1 amide bonds. The molecule has 0 unspecified atom stereocenters. The monoisotopic (exact) mass is 588 g/mol. The van der Waals surface area contributed by atoms with E-state index < -0.39 is 6.10 Å². The first-order valence-electron chi connectivity index (χ1n) is 11.8. The van der Waals surface area contributed by atoms with Gasteiger partial charge in [0.1, 0.15) is 11.9 Å². The molecule has 2 aliphatic rings. The van der Waals surface area contributed by atoms with Crippen molar-refractivity contribution in [3.8, 4) is 5.75 Å². The summed E-state index contributed by atoms with van der Waals surface area (Å²) in [6, 6.07) is 3.45. The Hall–Kier alpha value is -1.16. The number of aromatic hydroxyl groups is 1. The summed E-state index contributed by atoms with van der Waals surface area (Å²) in [6.45, 7) is 6.44. The molecule has 0 spiro atoms. The molecule has 2 heterocycles. The molecule has 2 fully saturated rings. The molecule has 2 saturated heterocycles. The largest absolute Gasteiger partial charge is 0.506 e. The van der Waals surface area contributed by atoms with Crippen molar-refractivity contribution in [1.82, 2.24) is 9.80 Å². The Morgan fingerprint density at radius 3 is 2.15 bits per heavy atom. The van der Waals surface area contributed by atoms with Crippen LogP contribution in [-0.4, -0.2) is 77.3 Å². The number of phenols is 1. The Morgan fingerprint density at radius 2 is 1.61 bits per heavy atom. The molecule has 1 atom stereocenters. The van der Waals surface area contributed by atoms with Crippen molar-refractivity contribution in [2.45, 2.75) is 51.6 Å². The number of ether oxygens (including phenoxy) is 1. The molecule has 0 aromatic heterocycles. The van der Waals surface area contributed by atoms with E-state index in [9.17, 15) is 19.8 Å². The van der Waals surface area contributed by atoms with E-state index in [1.165, 1.54) is 0 Å². The number of carbonyl (C=O) groups is 2. The summed E-state index contributed by atoms with van der Waals surface area (Å²) in [6.07, 6.45) is 3.79. The maximum absolute atomic E-state index is 12.8. The van der Waals surface area contributed by atoms with E-state index in [1.807, 2.05) is 6.92 Å². The van der Waals surface area contributed by atoms with Crippen LogP contribution in [0.5, 0.6) is 5.75 Å². The zero-order valence-corrected chi connectivity index (χ0v) is 22.3. The number of esters is 1. The second kappa shape index (κ2) is 12.5. The topological polar surface area (TPSA) is 90.3 Å². The van der Waals surface area contributed by atoms with Gasteiger partial charge in [-0.05, 0) is 107 Å². The van der Waals surface area contributed by atoms with Gasteiger partial charge in [-0.25, -0.2) is 0 Å². The highest BCUT2D eigenvalue weighted by Crippen LogP contribution is 2.35. The molecule has 0 bridgehead atoms. The van der Waals surface area contributed by atoms with Gasteiger partial charge < -0.3 is 24.7 Å². The average molecular weight is 590 g/mol. The van der Waals surface area contributed by atoms with E-state index in [2.05, 4.69) is 36.8 Å². The Kier molecular flexibility index (Phi) is 10.0. The minimum atomic E-state index is -1.09. The lowest BCUT2D eigenvalue weighted by atomic mass is 9.78. The third-order valence-corrected chi connectivity index (χ3v) is 8.09. The third kappa shape index (κ3) is 7.41. The van der Waals surface area contributed by atoms with E-state index >= 15 is 0 Å².